The highest BCUT2D eigenvalue weighted by molar-refractivity contribution is 6.50. The third-order valence-electron chi connectivity index (χ3n) is 5.38. The molecule has 0 amide bonds. The molecule has 6 aromatic rings. The Hall–Kier alpha value is -1.56. The van der Waals surface area contributed by atoms with E-state index in [1.807, 2.05) is 0 Å². The number of nitrogens with zero attached hydrogens (tertiary/aromatic N) is 6. The Labute approximate surface area is 271 Å². The molecule has 0 saturated carbocycles. The van der Waals surface area contributed by atoms with Crippen molar-refractivity contribution in [3.63, 3.8) is 0 Å². The fourth-order valence-corrected chi connectivity index (χ4v) is 5.78. The van der Waals surface area contributed by atoms with Crippen molar-refractivity contribution in [3.8, 4) is 0 Å². The lowest BCUT2D eigenvalue weighted by atomic mass is 10.2. The van der Waals surface area contributed by atoms with Gasteiger partial charge in [0, 0.05) is 12.4 Å². The molecule has 204 valence electrons. The Morgan fingerprint density at radius 1 is 0.475 bits per heavy atom. The van der Waals surface area contributed by atoms with Crippen LogP contribution in [0.1, 0.15) is 0 Å². The number of fused-ring (bicyclic) bond motifs is 6. The van der Waals surface area contributed by atoms with Crippen LogP contribution in [0.3, 0.4) is 0 Å². The third kappa shape index (κ3) is 4.72. The van der Waals surface area contributed by atoms with Crippen LogP contribution >= 0.6 is 116 Å². The van der Waals surface area contributed by atoms with Gasteiger partial charge in [-0.2, -0.15) is 0 Å². The average Bonchev–Trinajstić information content (AvgIpc) is 2.92. The monoisotopic (exact) mass is 734 g/mol. The molecule has 0 unspecified atom stereocenters. The molecule has 6 heterocycles. The summed E-state index contributed by atoms with van der Waals surface area (Å²) in [6, 6.07) is 3.07. The van der Waals surface area contributed by atoms with Gasteiger partial charge in [-0.15, -0.1) is 0 Å². The molecule has 40 heavy (non-hydrogen) atoms. The van der Waals surface area contributed by atoms with E-state index in [-0.39, 0.29) is 63.0 Å². The molecular formula is C22H4Cl10N6O2. The zero-order valence-corrected chi connectivity index (χ0v) is 26.1. The van der Waals surface area contributed by atoms with E-state index in [1.165, 1.54) is 24.5 Å². The minimum atomic E-state index is -0.597. The second-order valence-electron chi connectivity index (χ2n) is 7.60. The van der Waals surface area contributed by atoms with Crippen molar-refractivity contribution >= 4 is 149 Å². The van der Waals surface area contributed by atoms with Gasteiger partial charge in [0.1, 0.15) is 20.1 Å². The van der Waals surface area contributed by atoms with Gasteiger partial charge in [0.15, 0.2) is 32.9 Å². The topological polar surface area (TPSA) is 94.5 Å². The lowest BCUT2D eigenvalue weighted by Gasteiger charge is -2.10. The fraction of sp³-hybridized carbons (Fsp3) is 0. The Kier molecular flexibility index (Phi) is 8.42. The van der Waals surface area contributed by atoms with Crippen LogP contribution in [0.5, 0.6) is 0 Å². The summed E-state index contributed by atoms with van der Waals surface area (Å²) in [5, 5.41) is 0.905. The van der Waals surface area contributed by atoms with Crippen molar-refractivity contribution in [2.75, 3.05) is 0 Å². The molecular weight excluding hydrogens is 735 g/mol. The highest BCUT2D eigenvalue weighted by Crippen LogP contribution is 2.38. The molecule has 0 saturated heterocycles. The van der Waals surface area contributed by atoms with Crippen molar-refractivity contribution in [3.05, 3.63) is 95.7 Å². The molecule has 0 radical (unpaired) electrons. The zero-order chi connectivity index (χ0) is 29.2. The molecule has 0 bridgehead atoms. The van der Waals surface area contributed by atoms with Crippen LogP contribution in [0.4, 0.5) is 0 Å². The first-order valence-corrected chi connectivity index (χ1v) is 14.0. The van der Waals surface area contributed by atoms with Crippen molar-refractivity contribution in [2.24, 2.45) is 0 Å². The summed E-state index contributed by atoms with van der Waals surface area (Å²) in [5.41, 5.74) is -0.646. The normalized spacial score (nSPS) is 11.4. The van der Waals surface area contributed by atoms with E-state index in [0.29, 0.717) is 20.8 Å². The highest BCUT2D eigenvalue weighted by Gasteiger charge is 2.21. The maximum Gasteiger partial charge on any atom is 0.279 e. The predicted octanol–water partition coefficient (Wildman–Crippen LogP) is 9.02. The lowest BCUT2D eigenvalue weighted by Crippen LogP contribution is -2.18. The molecule has 0 atom stereocenters. The van der Waals surface area contributed by atoms with Gasteiger partial charge in [-0.05, 0) is 12.1 Å². The van der Waals surface area contributed by atoms with Crippen molar-refractivity contribution < 1.29 is 0 Å². The average molecular weight is 739 g/mol. The molecule has 0 aliphatic carbocycles. The number of halogens is 10. The minimum Gasteiger partial charge on any atom is -0.267 e. The smallest absolute Gasteiger partial charge is 0.267 e. The van der Waals surface area contributed by atoms with Crippen molar-refractivity contribution in [1.29, 1.82) is 0 Å². The first-order valence-electron chi connectivity index (χ1n) is 10.2. The van der Waals surface area contributed by atoms with Crippen LogP contribution in [-0.2, 0) is 0 Å². The van der Waals surface area contributed by atoms with Crippen molar-refractivity contribution in [1.82, 2.24) is 28.7 Å². The van der Waals surface area contributed by atoms with E-state index in [9.17, 15) is 9.59 Å². The first-order chi connectivity index (χ1) is 18.9. The molecule has 0 fully saturated rings. The van der Waals surface area contributed by atoms with E-state index in [2.05, 4.69) is 19.9 Å². The summed E-state index contributed by atoms with van der Waals surface area (Å²) in [6.07, 6.45) is 2.87. The number of hydrogen-bond acceptors (Lipinski definition) is 6. The number of rotatable bonds is 0. The van der Waals surface area contributed by atoms with E-state index >= 15 is 0 Å². The molecule has 6 rings (SSSR count). The van der Waals surface area contributed by atoms with Crippen LogP contribution in [-0.4, -0.2) is 28.7 Å². The molecule has 0 N–H and O–H groups in total. The van der Waals surface area contributed by atoms with Gasteiger partial charge in [0.2, 0.25) is 0 Å². The maximum absolute atomic E-state index is 12.3. The standard InChI is InChI=1S/2C11H2Cl5N3O/c2*12-3-1-2-17-9-4(3)5(13)6(14)10-18-8(16)7(15)11(20)19(9)10/h2*1-2H. The summed E-state index contributed by atoms with van der Waals surface area (Å²) in [6.45, 7) is 0. The molecule has 0 aromatic carbocycles. The van der Waals surface area contributed by atoms with Gasteiger partial charge in [0.25, 0.3) is 11.1 Å². The number of aromatic nitrogens is 6. The molecule has 18 heteroatoms. The van der Waals surface area contributed by atoms with Gasteiger partial charge < -0.3 is 0 Å². The van der Waals surface area contributed by atoms with Crippen LogP contribution in [0, 0.1) is 0 Å². The minimum absolute atomic E-state index is 0.0460. The molecule has 0 aliphatic rings. The van der Waals surface area contributed by atoms with Crippen LogP contribution < -0.4 is 11.1 Å². The Morgan fingerprint density at radius 3 is 1.18 bits per heavy atom. The van der Waals surface area contributed by atoms with E-state index < -0.39 is 11.1 Å². The summed E-state index contributed by atoms with van der Waals surface area (Å²) in [7, 11) is 0. The summed E-state index contributed by atoms with van der Waals surface area (Å²) < 4.78 is 2.26. The Bertz CT molecular complexity index is 2030. The van der Waals surface area contributed by atoms with E-state index in [4.69, 9.17) is 116 Å². The van der Waals surface area contributed by atoms with Gasteiger partial charge in [-0.1, -0.05) is 116 Å². The summed E-state index contributed by atoms with van der Waals surface area (Å²) >= 11 is 60.0. The third-order valence-corrected chi connectivity index (χ3v) is 9.09. The molecule has 8 nitrogen and oxygen atoms in total. The molecule has 6 aromatic heterocycles. The summed E-state index contributed by atoms with van der Waals surface area (Å²) in [5.74, 6) is 0. The molecule has 0 aliphatic heterocycles. The van der Waals surface area contributed by atoms with Crippen molar-refractivity contribution in [2.45, 2.75) is 0 Å². The maximum atomic E-state index is 12.3. The second-order valence-corrected chi connectivity index (χ2v) is 11.4. The molecule has 0 spiro atoms. The number of pyridine rings is 4. The Morgan fingerprint density at radius 2 is 0.825 bits per heavy atom. The van der Waals surface area contributed by atoms with Gasteiger partial charge in [-0.25, -0.2) is 28.7 Å². The van der Waals surface area contributed by atoms with Gasteiger partial charge in [-0.3, -0.25) is 9.59 Å². The van der Waals surface area contributed by atoms with E-state index in [0.717, 1.165) is 8.80 Å². The first kappa shape index (κ1) is 29.9. The van der Waals surface area contributed by atoms with Crippen LogP contribution in [0.15, 0.2) is 34.1 Å². The second kappa shape index (κ2) is 11.3. The zero-order valence-electron chi connectivity index (χ0n) is 18.6. The summed E-state index contributed by atoms with van der Waals surface area (Å²) in [4.78, 5) is 40.7. The lowest BCUT2D eigenvalue weighted by molar-refractivity contribution is 1.06. The highest BCUT2D eigenvalue weighted by atomic mass is 35.5. The van der Waals surface area contributed by atoms with Crippen LogP contribution in [0.25, 0.3) is 33.4 Å². The fourth-order valence-electron chi connectivity index (χ4n) is 3.65. The SMILES string of the molecule is O=c1c(Cl)c(Cl)nc2c(Cl)c(Cl)c3c(Cl)ccnc3n12.O=c1c(Cl)c(Cl)nc2c(Cl)c(Cl)c3c(Cl)ccnc3n12. The van der Waals surface area contributed by atoms with Gasteiger partial charge in [0.05, 0.1) is 30.9 Å². The largest absolute Gasteiger partial charge is 0.279 e. The number of hydrogen-bond donors (Lipinski definition) is 0. The Balaban J connectivity index is 0.000000161. The van der Waals surface area contributed by atoms with Crippen LogP contribution in [0.2, 0.25) is 50.5 Å². The van der Waals surface area contributed by atoms with E-state index in [1.54, 1.807) is 0 Å². The predicted molar refractivity (Wildman–Crippen MR) is 164 cm³/mol. The van der Waals surface area contributed by atoms with Gasteiger partial charge >= 0.3 is 0 Å². The quantitative estimate of drug-likeness (QED) is 0.114.